The fourth-order valence-corrected chi connectivity index (χ4v) is 1.98. The van der Waals surface area contributed by atoms with Crippen LogP contribution in [0.5, 0.6) is 5.75 Å². The first-order chi connectivity index (χ1) is 8.65. The highest BCUT2D eigenvalue weighted by molar-refractivity contribution is 5.76. The zero-order chi connectivity index (χ0) is 12.7. The van der Waals surface area contributed by atoms with Gasteiger partial charge in [-0.2, -0.15) is 0 Å². The molecule has 0 radical (unpaired) electrons. The normalized spacial score (nSPS) is 10.9. The monoisotopic (exact) mass is 240 g/mol. The van der Waals surface area contributed by atoms with Crippen LogP contribution in [-0.4, -0.2) is 9.67 Å². The number of aromatic hydroxyl groups is 1. The molecule has 18 heavy (non-hydrogen) atoms. The molecular formula is C14H12N2O2. The van der Waals surface area contributed by atoms with E-state index in [2.05, 4.69) is 0 Å². The molecule has 0 saturated heterocycles. The number of nitrogens with zero attached hydrogens (tertiary/aromatic N) is 1. The zero-order valence-corrected chi connectivity index (χ0v) is 9.84. The molecule has 0 saturated carbocycles. The maximum absolute atomic E-state index is 9.54. The van der Waals surface area contributed by atoms with Gasteiger partial charge in [-0.3, -0.25) is 9.98 Å². The van der Waals surface area contributed by atoms with Crippen molar-refractivity contribution in [3.8, 4) is 11.4 Å². The van der Waals surface area contributed by atoms with Crippen LogP contribution in [0.25, 0.3) is 16.8 Å². The molecule has 0 atom stereocenters. The van der Waals surface area contributed by atoms with Crippen LogP contribution in [0.15, 0.2) is 46.9 Å². The third kappa shape index (κ3) is 1.59. The Bertz CT molecular complexity index is 767. The van der Waals surface area contributed by atoms with E-state index in [0.29, 0.717) is 11.1 Å². The number of benzene rings is 2. The fourth-order valence-electron chi connectivity index (χ4n) is 1.98. The fraction of sp³-hybridized carbons (Fsp3) is 0.0714. The second kappa shape index (κ2) is 3.77. The van der Waals surface area contributed by atoms with Gasteiger partial charge in [0.05, 0.1) is 11.2 Å². The summed E-state index contributed by atoms with van der Waals surface area (Å²) in [6, 6.07) is 12.6. The molecule has 90 valence electrons. The number of phenolic OH excluding ortho intramolecular Hbond substituents is 1. The first-order valence-corrected chi connectivity index (χ1v) is 5.61. The predicted octanol–water partition coefficient (Wildman–Crippen LogP) is 2.72. The summed E-state index contributed by atoms with van der Waals surface area (Å²) in [7, 11) is 0. The van der Waals surface area contributed by atoms with Crippen LogP contribution in [0.2, 0.25) is 0 Å². The molecule has 3 aromatic rings. The highest BCUT2D eigenvalue weighted by Crippen LogP contribution is 2.21. The molecule has 0 aliphatic heterocycles. The average molecular weight is 240 g/mol. The highest BCUT2D eigenvalue weighted by atomic mass is 16.3. The van der Waals surface area contributed by atoms with Gasteiger partial charge in [-0.05, 0) is 31.2 Å². The Morgan fingerprint density at radius 1 is 1.11 bits per heavy atom. The first-order valence-electron chi connectivity index (χ1n) is 5.61. The molecule has 1 heterocycles. The van der Waals surface area contributed by atoms with Crippen molar-refractivity contribution in [1.82, 2.24) is 4.57 Å². The quantitative estimate of drug-likeness (QED) is 0.687. The molecule has 0 unspecified atom stereocenters. The van der Waals surface area contributed by atoms with Crippen LogP contribution >= 0.6 is 0 Å². The molecule has 4 nitrogen and oxygen atoms in total. The number of fused-ring (bicyclic) bond motifs is 1. The van der Waals surface area contributed by atoms with Gasteiger partial charge in [-0.15, -0.1) is 0 Å². The van der Waals surface area contributed by atoms with Gasteiger partial charge in [-0.25, -0.2) is 0 Å². The molecule has 3 rings (SSSR count). The van der Waals surface area contributed by atoms with Crippen LogP contribution in [0.4, 0.5) is 0 Å². The number of aryl methyl sites for hydroxylation is 1. The lowest BCUT2D eigenvalue weighted by molar-refractivity contribution is 0.475. The maximum atomic E-state index is 9.54. The van der Waals surface area contributed by atoms with Gasteiger partial charge in [-0.1, -0.05) is 17.7 Å². The first kappa shape index (κ1) is 10.7. The summed E-state index contributed by atoms with van der Waals surface area (Å²) in [4.78, 5) is 0. The molecule has 0 aliphatic carbocycles. The summed E-state index contributed by atoms with van der Waals surface area (Å²) >= 11 is 0. The summed E-state index contributed by atoms with van der Waals surface area (Å²) in [6.45, 7) is 2.01. The minimum Gasteiger partial charge on any atom is -0.508 e. The molecule has 0 amide bonds. The molecule has 2 aromatic carbocycles. The van der Waals surface area contributed by atoms with Crippen molar-refractivity contribution < 1.29 is 9.52 Å². The van der Waals surface area contributed by atoms with E-state index in [0.717, 1.165) is 11.3 Å². The number of rotatable bonds is 1. The van der Waals surface area contributed by atoms with Crippen LogP contribution in [0, 0.1) is 12.3 Å². The number of hydrogen-bond donors (Lipinski definition) is 2. The zero-order valence-electron chi connectivity index (χ0n) is 9.84. The Morgan fingerprint density at radius 2 is 1.83 bits per heavy atom. The minimum atomic E-state index is 0.0412. The number of aromatic nitrogens is 1. The largest absolute Gasteiger partial charge is 0.508 e. The van der Waals surface area contributed by atoms with Crippen molar-refractivity contribution >= 4 is 11.1 Å². The Labute approximate surface area is 103 Å². The molecule has 1 aromatic heterocycles. The summed E-state index contributed by atoms with van der Waals surface area (Å²) in [5, 5.41) is 17.4. The van der Waals surface area contributed by atoms with Crippen LogP contribution in [0.3, 0.4) is 0 Å². The summed E-state index contributed by atoms with van der Waals surface area (Å²) in [5.74, 6) is 0.157. The molecule has 0 bridgehead atoms. The molecule has 0 fully saturated rings. The lowest BCUT2D eigenvalue weighted by atomic mass is 10.2. The Morgan fingerprint density at radius 3 is 2.56 bits per heavy atom. The van der Waals surface area contributed by atoms with Gasteiger partial charge in [0.25, 0.3) is 5.68 Å². The molecular weight excluding hydrogens is 228 g/mol. The Balaban J connectivity index is 2.34. The molecule has 4 heteroatoms. The van der Waals surface area contributed by atoms with Gasteiger partial charge < -0.3 is 9.52 Å². The lowest BCUT2D eigenvalue weighted by Gasteiger charge is -2.03. The number of nitrogens with one attached hydrogen (secondary N) is 1. The van der Waals surface area contributed by atoms with E-state index >= 15 is 0 Å². The van der Waals surface area contributed by atoms with Crippen LogP contribution in [0.1, 0.15) is 5.56 Å². The number of hydrogen-bond acceptors (Lipinski definition) is 3. The van der Waals surface area contributed by atoms with Gasteiger partial charge in [0.2, 0.25) is 0 Å². The van der Waals surface area contributed by atoms with E-state index in [9.17, 15) is 5.11 Å². The van der Waals surface area contributed by atoms with Crippen molar-refractivity contribution in [2.45, 2.75) is 6.92 Å². The maximum Gasteiger partial charge on any atom is 0.299 e. The standard InChI is InChI=1S/C14H12N2O2/c1-9-2-4-10(5-3-9)16-12-8-11(17)6-7-13(12)18-14(16)15/h2-8,15,17H,1H3. The van der Waals surface area contributed by atoms with Crippen molar-refractivity contribution in [2.24, 2.45) is 0 Å². The van der Waals surface area contributed by atoms with Gasteiger partial charge in [0.15, 0.2) is 5.58 Å². The molecule has 0 aliphatic rings. The molecule has 0 spiro atoms. The van der Waals surface area contributed by atoms with Crippen LogP contribution < -0.4 is 5.68 Å². The smallest absolute Gasteiger partial charge is 0.299 e. The molecule has 2 N–H and O–H groups in total. The summed E-state index contributed by atoms with van der Waals surface area (Å²) < 4.78 is 7.02. The van der Waals surface area contributed by atoms with E-state index in [4.69, 9.17) is 9.83 Å². The second-order valence-electron chi connectivity index (χ2n) is 4.23. The van der Waals surface area contributed by atoms with Crippen molar-refractivity contribution in [3.63, 3.8) is 0 Å². The SMILES string of the molecule is Cc1ccc(-n2c(=N)oc3ccc(O)cc32)cc1. The Hall–Kier alpha value is -2.49. The van der Waals surface area contributed by atoms with Gasteiger partial charge in [0.1, 0.15) is 5.75 Å². The summed E-state index contributed by atoms with van der Waals surface area (Å²) in [6.07, 6.45) is 0. The van der Waals surface area contributed by atoms with E-state index in [1.54, 1.807) is 22.8 Å². The number of phenols is 1. The number of oxazole rings is 1. The van der Waals surface area contributed by atoms with E-state index in [-0.39, 0.29) is 11.4 Å². The third-order valence-electron chi connectivity index (χ3n) is 2.89. The van der Waals surface area contributed by atoms with Gasteiger partial charge >= 0.3 is 0 Å². The van der Waals surface area contributed by atoms with Crippen molar-refractivity contribution in [1.29, 1.82) is 5.41 Å². The van der Waals surface area contributed by atoms with Crippen LogP contribution in [-0.2, 0) is 0 Å². The van der Waals surface area contributed by atoms with Gasteiger partial charge in [0, 0.05) is 6.07 Å². The van der Waals surface area contributed by atoms with E-state index < -0.39 is 0 Å². The van der Waals surface area contributed by atoms with Crippen molar-refractivity contribution in [3.05, 3.63) is 53.7 Å². The van der Waals surface area contributed by atoms with E-state index in [1.165, 1.54) is 0 Å². The lowest BCUT2D eigenvalue weighted by Crippen LogP contribution is -2.11. The second-order valence-corrected chi connectivity index (χ2v) is 4.23. The third-order valence-corrected chi connectivity index (χ3v) is 2.89. The highest BCUT2D eigenvalue weighted by Gasteiger charge is 2.09. The topological polar surface area (TPSA) is 62.2 Å². The van der Waals surface area contributed by atoms with Crippen molar-refractivity contribution in [2.75, 3.05) is 0 Å². The minimum absolute atomic E-state index is 0.0412. The van der Waals surface area contributed by atoms with E-state index in [1.807, 2.05) is 31.2 Å². The average Bonchev–Trinajstić information content (AvgIpc) is 2.66. The Kier molecular flexibility index (Phi) is 2.23. The summed E-state index contributed by atoms with van der Waals surface area (Å²) in [5.41, 5.74) is 3.30. The predicted molar refractivity (Wildman–Crippen MR) is 67.8 cm³/mol.